The number of carbonyl (C=O) groups excluding carboxylic acids is 1. The molecule has 0 spiro atoms. The number of carbonyl (C=O) groups is 1. The summed E-state index contributed by atoms with van der Waals surface area (Å²) in [7, 11) is 0. The van der Waals surface area contributed by atoms with Gasteiger partial charge in [0.2, 0.25) is 0 Å². The van der Waals surface area contributed by atoms with Crippen molar-refractivity contribution >= 4 is 11.7 Å². The lowest BCUT2D eigenvalue weighted by atomic mass is 10.1. The lowest BCUT2D eigenvalue weighted by Crippen LogP contribution is -2.57. The Balaban J connectivity index is 1.41. The SMILES string of the molecule is C#CC1CN(C(=O)C(F)(F)F)CCN1c1nc(C)nc2c1CN(C1CCc3ccccc31)C2. The number of aryl methyl sites for hydroxylation is 2. The summed E-state index contributed by atoms with van der Waals surface area (Å²) in [6, 6.07) is 8.09. The number of hydrogen-bond donors (Lipinski definition) is 0. The molecular weight excluding hydrogens is 431 g/mol. The highest BCUT2D eigenvalue weighted by molar-refractivity contribution is 5.82. The van der Waals surface area contributed by atoms with Gasteiger partial charge in [-0.1, -0.05) is 30.2 Å². The van der Waals surface area contributed by atoms with Crippen molar-refractivity contribution < 1.29 is 18.0 Å². The second-order valence-electron chi connectivity index (χ2n) is 8.80. The quantitative estimate of drug-likeness (QED) is 0.652. The van der Waals surface area contributed by atoms with Crippen LogP contribution in [-0.2, 0) is 24.3 Å². The van der Waals surface area contributed by atoms with Crippen molar-refractivity contribution in [3.05, 3.63) is 52.5 Å². The van der Waals surface area contributed by atoms with Gasteiger partial charge in [0.25, 0.3) is 0 Å². The molecule has 1 aliphatic carbocycles. The Labute approximate surface area is 190 Å². The third kappa shape index (κ3) is 3.82. The van der Waals surface area contributed by atoms with Crippen molar-refractivity contribution in [2.45, 2.75) is 51.1 Å². The van der Waals surface area contributed by atoms with Crippen molar-refractivity contribution in [1.29, 1.82) is 0 Å². The molecule has 2 atom stereocenters. The minimum Gasteiger partial charge on any atom is -0.339 e. The van der Waals surface area contributed by atoms with Crippen molar-refractivity contribution in [1.82, 2.24) is 19.8 Å². The molecule has 33 heavy (non-hydrogen) atoms. The molecule has 2 unspecified atom stereocenters. The number of benzene rings is 1. The smallest absolute Gasteiger partial charge is 0.339 e. The van der Waals surface area contributed by atoms with Gasteiger partial charge in [-0.25, -0.2) is 9.97 Å². The molecule has 0 N–H and O–H groups in total. The van der Waals surface area contributed by atoms with Gasteiger partial charge in [-0.2, -0.15) is 13.2 Å². The van der Waals surface area contributed by atoms with Crippen LogP contribution in [0.4, 0.5) is 19.0 Å². The largest absolute Gasteiger partial charge is 0.471 e. The number of alkyl halides is 3. The molecule has 0 saturated carbocycles. The van der Waals surface area contributed by atoms with E-state index < -0.39 is 18.1 Å². The van der Waals surface area contributed by atoms with Gasteiger partial charge in [0, 0.05) is 37.8 Å². The Morgan fingerprint density at radius 1 is 1.18 bits per heavy atom. The summed E-state index contributed by atoms with van der Waals surface area (Å²) in [5, 5.41) is 0. The van der Waals surface area contributed by atoms with Crippen LogP contribution >= 0.6 is 0 Å². The summed E-state index contributed by atoms with van der Waals surface area (Å²) in [6.07, 6.45) is 2.87. The maximum Gasteiger partial charge on any atom is 0.471 e. The van der Waals surface area contributed by atoms with Crippen LogP contribution in [0.1, 0.15) is 40.7 Å². The molecule has 1 saturated heterocycles. The van der Waals surface area contributed by atoms with Crippen LogP contribution in [-0.4, -0.2) is 57.5 Å². The Hall–Kier alpha value is -3.12. The summed E-state index contributed by atoms with van der Waals surface area (Å²) in [5.41, 5.74) is 4.63. The topological polar surface area (TPSA) is 52.6 Å². The van der Waals surface area contributed by atoms with Gasteiger partial charge < -0.3 is 9.80 Å². The van der Waals surface area contributed by atoms with Crippen molar-refractivity contribution in [2.24, 2.45) is 0 Å². The van der Waals surface area contributed by atoms with E-state index in [9.17, 15) is 18.0 Å². The van der Waals surface area contributed by atoms with E-state index in [1.54, 1.807) is 0 Å². The molecule has 6 nitrogen and oxygen atoms in total. The number of rotatable bonds is 2. The number of anilines is 1. The Bertz CT molecular complexity index is 1140. The van der Waals surface area contributed by atoms with Crippen LogP contribution in [0.5, 0.6) is 0 Å². The lowest BCUT2D eigenvalue weighted by Gasteiger charge is -2.40. The average Bonchev–Trinajstić information content (AvgIpc) is 3.40. The molecule has 9 heteroatoms. The van der Waals surface area contributed by atoms with Crippen LogP contribution in [0.25, 0.3) is 0 Å². The van der Waals surface area contributed by atoms with E-state index in [-0.39, 0.29) is 19.6 Å². The summed E-state index contributed by atoms with van der Waals surface area (Å²) in [6.45, 7) is 3.10. The molecule has 0 radical (unpaired) electrons. The molecule has 172 valence electrons. The van der Waals surface area contributed by atoms with Crippen LogP contribution < -0.4 is 4.90 Å². The summed E-state index contributed by atoms with van der Waals surface area (Å²) < 4.78 is 38.8. The zero-order valence-corrected chi connectivity index (χ0v) is 18.3. The van der Waals surface area contributed by atoms with Crippen LogP contribution in [0.2, 0.25) is 0 Å². The van der Waals surface area contributed by atoms with Gasteiger partial charge in [0.15, 0.2) is 0 Å². The Morgan fingerprint density at radius 2 is 1.97 bits per heavy atom. The first-order chi connectivity index (χ1) is 15.8. The maximum absolute atomic E-state index is 12.9. The number of piperazine rings is 1. The van der Waals surface area contributed by atoms with Crippen molar-refractivity contribution in [2.75, 3.05) is 24.5 Å². The Kier molecular flexibility index (Phi) is 5.28. The third-order valence-electron chi connectivity index (χ3n) is 6.81. The highest BCUT2D eigenvalue weighted by Gasteiger charge is 2.45. The predicted octanol–water partition coefficient (Wildman–Crippen LogP) is 3.00. The van der Waals surface area contributed by atoms with Gasteiger partial charge in [-0.15, -0.1) is 6.42 Å². The lowest BCUT2D eigenvalue weighted by molar-refractivity contribution is -0.186. The van der Waals surface area contributed by atoms with Gasteiger partial charge in [0.1, 0.15) is 17.7 Å². The van der Waals surface area contributed by atoms with E-state index in [1.807, 2.05) is 11.8 Å². The van der Waals surface area contributed by atoms with E-state index in [0.717, 1.165) is 29.0 Å². The normalized spacial score (nSPS) is 22.8. The van der Waals surface area contributed by atoms with Gasteiger partial charge in [-0.3, -0.25) is 9.69 Å². The van der Waals surface area contributed by atoms with E-state index in [4.69, 9.17) is 6.42 Å². The molecule has 3 aliphatic rings. The van der Waals surface area contributed by atoms with E-state index in [1.165, 1.54) is 11.1 Å². The predicted molar refractivity (Wildman–Crippen MR) is 116 cm³/mol. The zero-order valence-electron chi connectivity index (χ0n) is 18.3. The minimum absolute atomic E-state index is 0.0614. The minimum atomic E-state index is -4.91. The molecule has 1 aromatic heterocycles. The first-order valence-corrected chi connectivity index (χ1v) is 11.0. The number of halogens is 3. The first-order valence-electron chi connectivity index (χ1n) is 11.0. The number of aromatic nitrogens is 2. The fraction of sp³-hybridized carbons (Fsp3) is 0.458. The number of terminal acetylenes is 1. The molecule has 1 fully saturated rings. The zero-order chi connectivity index (χ0) is 23.3. The second kappa shape index (κ2) is 8.03. The molecule has 1 aromatic carbocycles. The first kappa shape index (κ1) is 21.7. The molecule has 1 amide bonds. The van der Waals surface area contributed by atoms with Crippen LogP contribution in [0, 0.1) is 19.3 Å². The van der Waals surface area contributed by atoms with Gasteiger partial charge >= 0.3 is 12.1 Å². The van der Waals surface area contributed by atoms with Crippen molar-refractivity contribution in [3.63, 3.8) is 0 Å². The summed E-state index contributed by atoms with van der Waals surface area (Å²) in [4.78, 5) is 26.1. The summed E-state index contributed by atoms with van der Waals surface area (Å²) in [5.74, 6) is 1.99. The monoisotopic (exact) mass is 455 g/mol. The van der Waals surface area contributed by atoms with Crippen molar-refractivity contribution in [3.8, 4) is 12.3 Å². The van der Waals surface area contributed by atoms with Crippen LogP contribution in [0.3, 0.4) is 0 Å². The van der Waals surface area contributed by atoms with Crippen LogP contribution in [0.15, 0.2) is 24.3 Å². The summed E-state index contributed by atoms with van der Waals surface area (Å²) >= 11 is 0. The number of fused-ring (bicyclic) bond motifs is 2. The number of amides is 1. The van der Waals surface area contributed by atoms with Gasteiger partial charge in [0.05, 0.1) is 12.2 Å². The van der Waals surface area contributed by atoms with E-state index in [2.05, 4.69) is 45.1 Å². The maximum atomic E-state index is 12.9. The Morgan fingerprint density at radius 3 is 2.73 bits per heavy atom. The molecule has 3 heterocycles. The van der Waals surface area contributed by atoms with Gasteiger partial charge in [-0.05, 0) is 30.9 Å². The molecule has 2 aliphatic heterocycles. The molecule has 0 bridgehead atoms. The fourth-order valence-electron chi connectivity index (χ4n) is 5.30. The molecular formula is C24H24F3N5O. The average molecular weight is 455 g/mol. The van der Waals surface area contributed by atoms with E-state index >= 15 is 0 Å². The highest BCUT2D eigenvalue weighted by Crippen LogP contribution is 2.41. The number of nitrogens with zero attached hydrogens (tertiary/aromatic N) is 5. The standard InChI is InChI=1S/C24H24F3N5O/c1-3-17-12-30(23(33)24(25,26)27)10-11-32(17)22-19-13-31(14-20(19)28-15(2)29-22)21-9-8-16-6-4-5-7-18(16)21/h1,4-7,17,21H,8-14H2,2H3. The second-order valence-corrected chi connectivity index (χ2v) is 8.80. The molecule has 5 rings (SSSR count). The molecule has 2 aromatic rings. The number of hydrogen-bond acceptors (Lipinski definition) is 5. The van der Waals surface area contributed by atoms with E-state index in [0.29, 0.717) is 30.8 Å². The highest BCUT2D eigenvalue weighted by atomic mass is 19.4. The third-order valence-corrected chi connectivity index (χ3v) is 6.81. The fourth-order valence-corrected chi connectivity index (χ4v) is 5.30.